The van der Waals surface area contributed by atoms with Gasteiger partial charge in [0, 0.05) is 41.9 Å². The van der Waals surface area contributed by atoms with E-state index in [4.69, 9.17) is 0 Å². The molecule has 2 rings (SSSR count). The molecule has 1 heterocycles. The normalized spacial score (nSPS) is 15.7. The number of halogens is 1. The van der Waals surface area contributed by atoms with E-state index < -0.39 is 10.8 Å². The summed E-state index contributed by atoms with van der Waals surface area (Å²) in [6.07, 6.45) is 1.09. The van der Waals surface area contributed by atoms with E-state index in [1.807, 2.05) is 30.3 Å². The molecule has 0 aliphatic carbocycles. The standard InChI is InChI=1S/C13H19N3OS.HI/c17-18(11-12-5-2-1-3-6-12)10-9-16-13-14-7-4-8-15-13;/h1-3,5-6H,4,7-11H2,(H2,14,15,16);1H. The van der Waals surface area contributed by atoms with Gasteiger partial charge in [-0.2, -0.15) is 0 Å². The van der Waals surface area contributed by atoms with Gasteiger partial charge < -0.3 is 10.6 Å². The fourth-order valence-electron chi connectivity index (χ4n) is 1.77. The Kier molecular flexibility index (Phi) is 8.04. The van der Waals surface area contributed by atoms with E-state index in [1.54, 1.807) is 0 Å². The van der Waals surface area contributed by atoms with Crippen LogP contribution in [-0.4, -0.2) is 35.6 Å². The van der Waals surface area contributed by atoms with Gasteiger partial charge in [-0.25, -0.2) is 0 Å². The summed E-state index contributed by atoms with van der Waals surface area (Å²) in [6, 6.07) is 9.95. The Labute approximate surface area is 133 Å². The topological polar surface area (TPSA) is 53.5 Å². The van der Waals surface area contributed by atoms with Crippen LogP contribution in [-0.2, 0) is 16.6 Å². The Balaban J connectivity index is 0.00000180. The zero-order valence-corrected chi connectivity index (χ0v) is 13.9. The molecule has 1 unspecified atom stereocenters. The van der Waals surface area contributed by atoms with Crippen molar-refractivity contribution in [3.05, 3.63) is 35.9 Å². The fourth-order valence-corrected chi connectivity index (χ4v) is 2.80. The van der Waals surface area contributed by atoms with Gasteiger partial charge in [-0.05, 0) is 12.0 Å². The molecule has 0 amide bonds. The maximum absolute atomic E-state index is 11.9. The zero-order valence-electron chi connectivity index (χ0n) is 10.8. The molecule has 0 aromatic heterocycles. The second-order valence-corrected chi connectivity index (χ2v) is 5.79. The number of hydrogen-bond donors (Lipinski definition) is 2. The number of aliphatic imine (C=N–C) groups is 1. The average molecular weight is 393 g/mol. The number of hydrogen-bond acceptors (Lipinski definition) is 4. The van der Waals surface area contributed by atoms with Crippen LogP contribution in [0.15, 0.2) is 35.3 Å². The minimum absolute atomic E-state index is 0. The summed E-state index contributed by atoms with van der Waals surface area (Å²) in [4.78, 5) is 4.31. The van der Waals surface area contributed by atoms with Crippen LogP contribution >= 0.6 is 24.0 Å². The molecule has 0 radical (unpaired) electrons. The van der Waals surface area contributed by atoms with Crippen molar-refractivity contribution in [2.45, 2.75) is 12.2 Å². The highest BCUT2D eigenvalue weighted by Gasteiger charge is 2.04. The molecule has 19 heavy (non-hydrogen) atoms. The monoisotopic (exact) mass is 393 g/mol. The third-order valence-corrected chi connectivity index (χ3v) is 4.00. The highest BCUT2D eigenvalue weighted by atomic mass is 127. The van der Waals surface area contributed by atoms with Gasteiger partial charge in [0.2, 0.25) is 0 Å². The maximum Gasteiger partial charge on any atom is 0.191 e. The van der Waals surface area contributed by atoms with E-state index in [9.17, 15) is 4.21 Å². The van der Waals surface area contributed by atoms with Crippen molar-refractivity contribution in [2.75, 3.05) is 25.4 Å². The minimum Gasteiger partial charge on any atom is -0.356 e. The lowest BCUT2D eigenvalue weighted by molar-refractivity contribution is 0.678. The zero-order chi connectivity index (χ0) is 12.6. The summed E-state index contributed by atoms with van der Waals surface area (Å²) in [6.45, 7) is 2.55. The van der Waals surface area contributed by atoms with Crippen LogP contribution in [0.25, 0.3) is 0 Å². The molecular formula is C13H20IN3OS. The summed E-state index contributed by atoms with van der Waals surface area (Å²) in [7, 11) is -0.821. The van der Waals surface area contributed by atoms with Gasteiger partial charge in [0.15, 0.2) is 5.96 Å². The second-order valence-electron chi connectivity index (χ2n) is 4.21. The largest absolute Gasteiger partial charge is 0.356 e. The predicted molar refractivity (Wildman–Crippen MR) is 91.5 cm³/mol. The average Bonchev–Trinajstić information content (AvgIpc) is 2.41. The van der Waals surface area contributed by atoms with Gasteiger partial charge in [0.05, 0.1) is 0 Å². The smallest absolute Gasteiger partial charge is 0.191 e. The van der Waals surface area contributed by atoms with Crippen molar-refractivity contribution in [2.24, 2.45) is 4.99 Å². The number of benzene rings is 1. The molecule has 0 saturated carbocycles. The van der Waals surface area contributed by atoms with Crippen molar-refractivity contribution in [1.82, 2.24) is 10.6 Å². The number of nitrogens with zero attached hydrogens (tertiary/aromatic N) is 1. The van der Waals surface area contributed by atoms with Crippen molar-refractivity contribution >= 4 is 40.7 Å². The highest BCUT2D eigenvalue weighted by Crippen LogP contribution is 2.02. The number of guanidine groups is 1. The van der Waals surface area contributed by atoms with E-state index >= 15 is 0 Å². The van der Waals surface area contributed by atoms with E-state index in [1.165, 1.54) is 0 Å². The fraction of sp³-hybridized carbons (Fsp3) is 0.462. The lowest BCUT2D eigenvalue weighted by Gasteiger charge is -2.15. The Morgan fingerprint density at radius 3 is 2.79 bits per heavy atom. The molecule has 1 aromatic rings. The van der Waals surface area contributed by atoms with E-state index in [2.05, 4.69) is 15.6 Å². The molecule has 0 spiro atoms. The molecule has 4 nitrogen and oxygen atoms in total. The Hall–Kier alpha value is -0.630. The van der Waals surface area contributed by atoms with Crippen LogP contribution in [0.5, 0.6) is 0 Å². The van der Waals surface area contributed by atoms with E-state index in [0.717, 1.165) is 31.0 Å². The lowest BCUT2D eigenvalue weighted by atomic mass is 10.2. The van der Waals surface area contributed by atoms with Crippen LogP contribution in [0.1, 0.15) is 12.0 Å². The summed E-state index contributed by atoms with van der Waals surface area (Å²) in [5, 5.41) is 6.37. The Morgan fingerprint density at radius 2 is 2.11 bits per heavy atom. The molecule has 6 heteroatoms. The lowest BCUT2D eigenvalue weighted by Crippen LogP contribution is -2.42. The molecule has 2 N–H and O–H groups in total. The summed E-state index contributed by atoms with van der Waals surface area (Å²) < 4.78 is 11.9. The van der Waals surface area contributed by atoms with Gasteiger partial charge in [-0.15, -0.1) is 24.0 Å². The first-order chi connectivity index (χ1) is 8.84. The van der Waals surface area contributed by atoms with Crippen LogP contribution in [0.4, 0.5) is 0 Å². The SMILES string of the molecule is I.O=S(CCNC1=NCCCN1)Cc1ccccc1. The first-order valence-corrected chi connectivity index (χ1v) is 7.74. The molecule has 1 aliphatic rings. The molecule has 0 bridgehead atoms. The van der Waals surface area contributed by atoms with Crippen LogP contribution in [0.3, 0.4) is 0 Å². The maximum atomic E-state index is 11.9. The molecular weight excluding hydrogens is 373 g/mol. The highest BCUT2D eigenvalue weighted by molar-refractivity contribution is 14.0. The van der Waals surface area contributed by atoms with Gasteiger partial charge in [0.1, 0.15) is 0 Å². The summed E-state index contributed by atoms with van der Waals surface area (Å²) >= 11 is 0. The van der Waals surface area contributed by atoms with Crippen LogP contribution < -0.4 is 10.6 Å². The van der Waals surface area contributed by atoms with Crippen molar-refractivity contribution in [3.8, 4) is 0 Å². The number of nitrogens with one attached hydrogen (secondary N) is 2. The number of rotatable bonds is 5. The van der Waals surface area contributed by atoms with Crippen molar-refractivity contribution < 1.29 is 4.21 Å². The predicted octanol–water partition coefficient (Wildman–Crippen LogP) is 1.49. The second kappa shape index (κ2) is 9.30. The third kappa shape index (κ3) is 6.38. The Bertz CT molecular complexity index is 425. The van der Waals surface area contributed by atoms with Crippen LogP contribution in [0.2, 0.25) is 0 Å². The van der Waals surface area contributed by atoms with Gasteiger partial charge in [-0.1, -0.05) is 30.3 Å². The van der Waals surface area contributed by atoms with Crippen molar-refractivity contribution in [1.29, 1.82) is 0 Å². The molecule has 1 aromatic carbocycles. The van der Waals surface area contributed by atoms with Gasteiger partial charge in [0.25, 0.3) is 0 Å². The Morgan fingerprint density at radius 1 is 1.32 bits per heavy atom. The molecule has 106 valence electrons. The minimum atomic E-state index is -0.821. The molecule has 1 aliphatic heterocycles. The molecule has 0 saturated heterocycles. The quantitative estimate of drug-likeness (QED) is 0.746. The molecule has 1 atom stereocenters. The first-order valence-electron chi connectivity index (χ1n) is 6.26. The summed E-state index contributed by atoms with van der Waals surface area (Å²) in [5.74, 6) is 2.12. The van der Waals surface area contributed by atoms with Crippen molar-refractivity contribution in [3.63, 3.8) is 0 Å². The van der Waals surface area contributed by atoms with E-state index in [-0.39, 0.29) is 24.0 Å². The summed E-state index contributed by atoms with van der Waals surface area (Å²) in [5.41, 5.74) is 1.13. The van der Waals surface area contributed by atoms with Gasteiger partial charge in [-0.3, -0.25) is 9.20 Å². The van der Waals surface area contributed by atoms with E-state index in [0.29, 0.717) is 18.1 Å². The van der Waals surface area contributed by atoms with Gasteiger partial charge >= 0.3 is 0 Å². The molecule has 0 fully saturated rings. The first kappa shape index (κ1) is 16.4. The van der Waals surface area contributed by atoms with Crippen LogP contribution in [0, 0.1) is 0 Å². The third-order valence-electron chi connectivity index (χ3n) is 2.69.